The quantitative estimate of drug-likeness (QED) is 0.350. The number of hydrogen-bond donors (Lipinski definition) is 2. The summed E-state index contributed by atoms with van der Waals surface area (Å²) in [7, 11) is 0. The average Bonchev–Trinajstić information content (AvgIpc) is 3.22. The molecule has 2 aliphatic rings. The molecule has 1 amide bonds. The fraction of sp³-hybridized carbons (Fsp3) is 0.300. The third-order valence-corrected chi connectivity index (χ3v) is 7.25. The van der Waals surface area contributed by atoms with Crippen LogP contribution >= 0.6 is 11.6 Å². The van der Waals surface area contributed by atoms with E-state index in [9.17, 15) is 9.59 Å². The molecule has 190 valence electrons. The van der Waals surface area contributed by atoms with Crippen molar-refractivity contribution in [1.29, 1.82) is 0 Å². The van der Waals surface area contributed by atoms with E-state index in [1.807, 2.05) is 42.5 Å². The summed E-state index contributed by atoms with van der Waals surface area (Å²) in [5, 5.41) is 12.6. The minimum Gasteiger partial charge on any atom is -0.481 e. The van der Waals surface area contributed by atoms with E-state index < -0.39 is 11.9 Å². The maximum absolute atomic E-state index is 13.2. The van der Waals surface area contributed by atoms with Crippen LogP contribution in [0.4, 0.5) is 11.4 Å². The number of carbonyl (C=O) groups excluding carboxylic acids is 1. The maximum Gasteiger partial charge on any atom is 0.303 e. The minimum atomic E-state index is -0.843. The van der Waals surface area contributed by atoms with Crippen molar-refractivity contribution in [3.05, 3.63) is 94.0 Å². The van der Waals surface area contributed by atoms with Gasteiger partial charge in [0.25, 0.3) is 0 Å². The summed E-state index contributed by atoms with van der Waals surface area (Å²) in [6.07, 6.45) is 4.28. The molecule has 0 bridgehead atoms. The van der Waals surface area contributed by atoms with Crippen molar-refractivity contribution in [2.75, 3.05) is 18.4 Å². The summed E-state index contributed by atoms with van der Waals surface area (Å²) in [5.41, 5.74) is 5.84. The standard InChI is InChI=1S/C30H30ClN3O3/c31-23-10-13-25-26(18-23)33-30(37)28(25)29(22-6-4-5-20(17-22)9-14-27(35)36)32-24-11-7-21(8-12-24)19-34-15-2-1-3-16-34/h4-8,10-13,17-18,28H,1-3,9,14-16,19H2,(H,33,37)(H,35,36). The first-order valence-corrected chi connectivity index (χ1v) is 13.2. The summed E-state index contributed by atoms with van der Waals surface area (Å²) in [6, 6.07) is 21.3. The molecule has 0 spiro atoms. The summed E-state index contributed by atoms with van der Waals surface area (Å²) < 4.78 is 0. The number of nitrogens with one attached hydrogen (secondary N) is 1. The summed E-state index contributed by atoms with van der Waals surface area (Å²) in [6.45, 7) is 3.21. The Balaban J connectivity index is 1.50. The van der Waals surface area contributed by atoms with Crippen molar-refractivity contribution >= 4 is 40.6 Å². The number of nitrogens with zero attached hydrogens (tertiary/aromatic N) is 2. The number of carboxylic acids is 1. The van der Waals surface area contributed by atoms with Gasteiger partial charge in [-0.2, -0.15) is 0 Å². The van der Waals surface area contributed by atoms with Crippen LogP contribution in [0.25, 0.3) is 0 Å². The number of aliphatic carboxylic acids is 1. The Labute approximate surface area is 222 Å². The summed E-state index contributed by atoms with van der Waals surface area (Å²) in [5.74, 6) is -1.60. The molecule has 5 rings (SSSR count). The maximum atomic E-state index is 13.2. The molecule has 1 saturated heterocycles. The van der Waals surface area contributed by atoms with Crippen molar-refractivity contribution in [1.82, 2.24) is 4.90 Å². The number of anilines is 1. The SMILES string of the molecule is O=C(O)CCc1cccc(C(=Nc2ccc(CN3CCCCC3)cc2)C2C(=O)Nc3cc(Cl)ccc32)c1. The van der Waals surface area contributed by atoms with E-state index in [0.717, 1.165) is 42.0 Å². The Morgan fingerprint density at radius 2 is 1.78 bits per heavy atom. The molecular formula is C30H30ClN3O3. The number of amides is 1. The van der Waals surface area contributed by atoms with Gasteiger partial charge in [0.15, 0.2) is 0 Å². The van der Waals surface area contributed by atoms with Gasteiger partial charge in [-0.15, -0.1) is 0 Å². The van der Waals surface area contributed by atoms with Crippen LogP contribution in [0.2, 0.25) is 5.02 Å². The molecule has 0 aromatic heterocycles. The molecule has 1 fully saturated rings. The Kier molecular flexibility index (Phi) is 7.68. The van der Waals surface area contributed by atoms with E-state index in [1.54, 1.807) is 12.1 Å². The zero-order valence-corrected chi connectivity index (χ0v) is 21.4. The first kappa shape index (κ1) is 25.2. The predicted octanol–water partition coefficient (Wildman–Crippen LogP) is 6.20. The van der Waals surface area contributed by atoms with E-state index >= 15 is 0 Å². The number of piperidine rings is 1. The van der Waals surface area contributed by atoms with Gasteiger partial charge in [0, 0.05) is 23.7 Å². The summed E-state index contributed by atoms with van der Waals surface area (Å²) >= 11 is 6.18. The molecule has 7 heteroatoms. The number of likely N-dealkylation sites (tertiary alicyclic amines) is 1. The van der Waals surface area contributed by atoms with Crippen LogP contribution in [0.15, 0.2) is 71.7 Å². The van der Waals surface area contributed by atoms with Crippen LogP contribution in [0, 0.1) is 0 Å². The van der Waals surface area contributed by atoms with Crippen LogP contribution in [0.1, 0.15) is 53.9 Å². The van der Waals surface area contributed by atoms with Crippen LogP contribution < -0.4 is 5.32 Å². The van der Waals surface area contributed by atoms with E-state index in [2.05, 4.69) is 22.3 Å². The fourth-order valence-electron chi connectivity index (χ4n) is 5.13. The lowest BCUT2D eigenvalue weighted by molar-refractivity contribution is -0.137. The first-order chi connectivity index (χ1) is 18.0. The van der Waals surface area contributed by atoms with Crippen molar-refractivity contribution in [3.8, 4) is 0 Å². The molecular weight excluding hydrogens is 486 g/mol. The van der Waals surface area contributed by atoms with Crippen molar-refractivity contribution in [2.45, 2.75) is 44.6 Å². The number of halogens is 1. The monoisotopic (exact) mass is 515 g/mol. The molecule has 1 atom stereocenters. The minimum absolute atomic E-state index is 0.0413. The van der Waals surface area contributed by atoms with Crippen LogP contribution in [-0.2, 0) is 22.6 Å². The zero-order chi connectivity index (χ0) is 25.8. The van der Waals surface area contributed by atoms with Crippen molar-refractivity contribution in [2.24, 2.45) is 4.99 Å². The Bertz CT molecular complexity index is 1330. The second-order valence-electron chi connectivity index (χ2n) is 9.75. The van der Waals surface area contributed by atoms with E-state index in [4.69, 9.17) is 21.7 Å². The van der Waals surface area contributed by atoms with E-state index in [1.165, 1.54) is 24.8 Å². The highest BCUT2D eigenvalue weighted by molar-refractivity contribution is 6.31. The van der Waals surface area contributed by atoms with Gasteiger partial charge in [-0.3, -0.25) is 19.5 Å². The topological polar surface area (TPSA) is 82.0 Å². The molecule has 37 heavy (non-hydrogen) atoms. The number of aryl methyl sites for hydroxylation is 1. The van der Waals surface area contributed by atoms with Crippen molar-refractivity contribution in [3.63, 3.8) is 0 Å². The third-order valence-electron chi connectivity index (χ3n) is 7.01. The molecule has 3 aromatic carbocycles. The van der Waals surface area contributed by atoms with Gasteiger partial charge in [0.05, 0.1) is 11.4 Å². The molecule has 2 heterocycles. The van der Waals surface area contributed by atoms with Gasteiger partial charge in [0.1, 0.15) is 5.92 Å². The number of benzene rings is 3. The van der Waals surface area contributed by atoms with Crippen LogP contribution in [-0.4, -0.2) is 40.7 Å². The van der Waals surface area contributed by atoms with Gasteiger partial charge in [0.2, 0.25) is 5.91 Å². The van der Waals surface area contributed by atoms with Crippen LogP contribution in [0.3, 0.4) is 0 Å². The Morgan fingerprint density at radius 3 is 2.54 bits per heavy atom. The number of fused-ring (bicyclic) bond motifs is 1. The van der Waals surface area contributed by atoms with E-state index in [-0.39, 0.29) is 12.3 Å². The molecule has 2 aliphatic heterocycles. The third kappa shape index (κ3) is 6.09. The lowest BCUT2D eigenvalue weighted by Crippen LogP contribution is -2.28. The fourth-order valence-corrected chi connectivity index (χ4v) is 5.30. The number of carbonyl (C=O) groups is 2. The number of carboxylic acid groups (broad SMARTS) is 1. The smallest absolute Gasteiger partial charge is 0.303 e. The zero-order valence-electron chi connectivity index (χ0n) is 20.6. The number of rotatable bonds is 8. The highest BCUT2D eigenvalue weighted by Crippen LogP contribution is 2.38. The average molecular weight is 516 g/mol. The molecule has 6 nitrogen and oxygen atoms in total. The molecule has 0 aliphatic carbocycles. The largest absolute Gasteiger partial charge is 0.481 e. The normalized spacial score (nSPS) is 17.9. The van der Waals surface area contributed by atoms with Gasteiger partial charge >= 0.3 is 5.97 Å². The molecule has 3 aromatic rings. The molecule has 1 unspecified atom stereocenters. The lowest BCUT2D eigenvalue weighted by atomic mass is 9.89. The molecule has 0 radical (unpaired) electrons. The van der Waals surface area contributed by atoms with Gasteiger partial charge in [-0.25, -0.2) is 0 Å². The predicted molar refractivity (Wildman–Crippen MR) is 147 cm³/mol. The number of hydrogen-bond acceptors (Lipinski definition) is 4. The van der Waals surface area contributed by atoms with Gasteiger partial charge in [-0.1, -0.05) is 54.4 Å². The van der Waals surface area contributed by atoms with Gasteiger partial charge in [-0.05, 0) is 84.9 Å². The summed E-state index contributed by atoms with van der Waals surface area (Å²) in [4.78, 5) is 31.8. The Morgan fingerprint density at radius 1 is 1.00 bits per heavy atom. The van der Waals surface area contributed by atoms with Crippen molar-refractivity contribution < 1.29 is 14.7 Å². The lowest BCUT2D eigenvalue weighted by Gasteiger charge is -2.26. The highest BCUT2D eigenvalue weighted by Gasteiger charge is 2.35. The molecule has 0 saturated carbocycles. The highest BCUT2D eigenvalue weighted by atomic mass is 35.5. The number of aliphatic imine (C=N–C) groups is 1. The Hall–Kier alpha value is -3.48. The molecule has 2 N–H and O–H groups in total. The second kappa shape index (κ2) is 11.3. The first-order valence-electron chi connectivity index (χ1n) is 12.8. The van der Waals surface area contributed by atoms with Crippen LogP contribution in [0.5, 0.6) is 0 Å². The van der Waals surface area contributed by atoms with Gasteiger partial charge < -0.3 is 10.4 Å². The second-order valence-corrected chi connectivity index (χ2v) is 10.2. The van der Waals surface area contributed by atoms with E-state index in [0.29, 0.717) is 22.8 Å².